The Bertz CT molecular complexity index is 973. The topological polar surface area (TPSA) is 54.6 Å². The lowest BCUT2D eigenvalue weighted by Crippen LogP contribution is -2.39. The minimum absolute atomic E-state index is 0.459. The molecule has 0 fully saturated rings. The smallest absolute Gasteiger partial charge is 0.294 e. The Balaban J connectivity index is 1.52. The summed E-state index contributed by atoms with van der Waals surface area (Å²) in [6.07, 6.45) is 0.367. The van der Waals surface area contributed by atoms with Crippen molar-refractivity contribution in [2.75, 3.05) is 19.7 Å². The Morgan fingerprint density at radius 1 is 1.19 bits per heavy atom. The fourth-order valence-electron chi connectivity index (χ4n) is 3.55. The lowest BCUT2D eigenvalue weighted by Gasteiger charge is -2.33. The molecular weight excluding hydrogens is 387 g/mol. The molecule has 140 valence electrons. The molecule has 1 aliphatic rings. The molecule has 1 N–H and O–H groups in total. The number of nitrogens with one attached hydrogen (secondary N) is 1. The highest BCUT2D eigenvalue weighted by molar-refractivity contribution is 6.31. The van der Waals surface area contributed by atoms with E-state index in [2.05, 4.69) is 9.88 Å². The fourth-order valence-corrected chi connectivity index (χ4v) is 3.90. The molecule has 1 atom stereocenters. The summed E-state index contributed by atoms with van der Waals surface area (Å²) in [4.78, 5) is 16.6. The summed E-state index contributed by atoms with van der Waals surface area (Å²) in [5.41, 5.74) is 3.03. The third kappa shape index (κ3) is 3.76. The Morgan fingerprint density at radius 3 is 2.85 bits per heavy atom. The van der Waals surface area contributed by atoms with Crippen molar-refractivity contribution in [2.24, 2.45) is 0 Å². The Kier molecular flexibility index (Phi) is 5.25. The molecular formula is C20H18Cl2N2O3. The number of aromatic amines is 1. The van der Waals surface area contributed by atoms with Crippen molar-refractivity contribution in [2.45, 2.75) is 12.6 Å². The fraction of sp³-hybridized carbons (Fsp3) is 0.250. The van der Waals surface area contributed by atoms with E-state index >= 15 is 0 Å². The molecule has 27 heavy (non-hydrogen) atoms. The Morgan fingerprint density at radius 2 is 2.04 bits per heavy atom. The number of rotatable bonds is 6. The van der Waals surface area contributed by atoms with Gasteiger partial charge in [-0.05, 0) is 48.4 Å². The zero-order chi connectivity index (χ0) is 18.8. The van der Waals surface area contributed by atoms with Gasteiger partial charge in [-0.2, -0.15) is 0 Å². The van der Waals surface area contributed by atoms with E-state index in [1.54, 1.807) is 12.1 Å². The van der Waals surface area contributed by atoms with Crippen molar-refractivity contribution >= 4 is 40.6 Å². The summed E-state index contributed by atoms with van der Waals surface area (Å²) in [5, 5.41) is 2.40. The molecule has 1 unspecified atom stereocenters. The van der Waals surface area contributed by atoms with Gasteiger partial charge in [0.1, 0.15) is 12.4 Å². The van der Waals surface area contributed by atoms with E-state index in [-0.39, 0.29) is 0 Å². The van der Waals surface area contributed by atoms with Gasteiger partial charge in [-0.15, -0.1) is 0 Å². The molecule has 2 aromatic carbocycles. The second-order valence-electron chi connectivity index (χ2n) is 6.38. The van der Waals surface area contributed by atoms with Gasteiger partial charge in [0.15, 0.2) is 6.23 Å². The van der Waals surface area contributed by atoms with Crippen LogP contribution < -0.4 is 4.74 Å². The standard InChI is InChI=1S/C20H18Cl2N2O3/c21-13-2-1-3-15(10-13)26-9-8-24-7-6-16-17-11-14(22)4-5-18(17)23-19(16)20(24)27-12-25/h1-5,10-12,20,23H,6-9H2. The number of hydrogen-bond acceptors (Lipinski definition) is 4. The van der Waals surface area contributed by atoms with Crippen LogP contribution in [0.5, 0.6) is 5.75 Å². The van der Waals surface area contributed by atoms with Crippen LogP contribution in [0.2, 0.25) is 10.0 Å². The van der Waals surface area contributed by atoms with Gasteiger partial charge < -0.3 is 14.5 Å². The van der Waals surface area contributed by atoms with Crippen molar-refractivity contribution in [3.05, 3.63) is 63.8 Å². The number of nitrogens with zero attached hydrogens (tertiary/aromatic N) is 1. The lowest BCUT2D eigenvalue weighted by atomic mass is 10.0. The molecule has 0 spiro atoms. The number of benzene rings is 2. The van der Waals surface area contributed by atoms with Crippen molar-refractivity contribution in [3.63, 3.8) is 0 Å². The van der Waals surface area contributed by atoms with E-state index < -0.39 is 6.23 Å². The second kappa shape index (κ2) is 7.80. The van der Waals surface area contributed by atoms with Gasteiger partial charge in [-0.3, -0.25) is 9.69 Å². The highest BCUT2D eigenvalue weighted by atomic mass is 35.5. The van der Waals surface area contributed by atoms with E-state index in [1.165, 1.54) is 0 Å². The first-order chi connectivity index (χ1) is 13.2. The van der Waals surface area contributed by atoms with Crippen LogP contribution in [-0.4, -0.2) is 36.1 Å². The molecule has 0 radical (unpaired) electrons. The zero-order valence-corrected chi connectivity index (χ0v) is 16.0. The normalized spacial score (nSPS) is 16.9. The molecule has 2 heterocycles. The van der Waals surface area contributed by atoms with Crippen LogP contribution in [0, 0.1) is 0 Å². The van der Waals surface area contributed by atoms with Gasteiger partial charge in [-0.25, -0.2) is 0 Å². The van der Waals surface area contributed by atoms with Crippen LogP contribution >= 0.6 is 23.2 Å². The third-order valence-electron chi connectivity index (χ3n) is 4.76. The quantitative estimate of drug-likeness (QED) is 0.610. The summed E-state index contributed by atoms with van der Waals surface area (Å²) < 4.78 is 11.2. The van der Waals surface area contributed by atoms with Crippen LogP contribution in [0.4, 0.5) is 0 Å². The van der Waals surface area contributed by atoms with E-state index in [1.807, 2.05) is 30.3 Å². The molecule has 0 saturated carbocycles. The van der Waals surface area contributed by atoms with Crippen molar-refractivity contribution in [3.8, 4) is 5.75 Å². The van der Waals surface area contributed by atoms with E-state index in [4.69, 9.17) is 32.7 Å². The highest BCUT2D eigenvalue weighted by Crippen LogP contribution is 2.35. The molecule has 3 aromatic rings. The maximum Gasteiger partial charge on any atom is 0.294 e. The predicted molar refractivity (Wildman–Crippen MR) is 105 cm³/mol. The monoisotopic (exact) mass is 404 g/mol. The number of carbonyl (C=O) groups excluding carboxylic acids is 1. The van der Waals surface area contributed by atoms with Gasteiger partial charge in [0.25, 0.3) is 6.47 Å². The summed E-state index contributed by atoms with van der Waals surface area (Å²) in [5.74, 6) is 0.716. The molecule has 1 aliphatic heterocycles. The first-order valence-corrected chi connectivity index (χ1v) is 9.43. The van der Waals surface area contributed by atoms with Crippen LogP contribution in [0.3, 0.4) is 0 Å². The molecule has 0 amide bonds. The minimum Gasteiger partial charge on any atom is -0.492 e. The number of aromatic nitrogens is 1. The average molecular weight is 405 g/mol. The summed E-state index contributed by atoms with van der Waals surface area (Å²) in [6, 6.07) is 13.0. The molecule has 0 saturated heterocycles. The molecule has 0 aliphatic carbocycles. The zero-order valence-electron chi connectivity index (χ0n) is 14.5. The van der Waals surface area contributed by atoms with Crippen LogP contribution in [0.25, 0.3) is 10.9 Å². The summed E-state index contributed by atoms with van der Waals surface area (Å²) in [7, 11) is 0. The van der Waals surface area contributed by atoms with Gasteiger partial charge in [0, 0.05) is 34.0 Å². The largest absolute Gasteiger partial charge is 0.492 e. The number of halogens is 2. The minimum atomic E-state index is -0.472. The van der Waals surface area contributed by atoms with E-state index in [0.29, 0.717) is 35.4 Å². The van der Waals surface area contributed by atoms with Crippen LogP contribution in [-0.2, 0) is 16.0 Å². The molecule has 0 bridgehead atoms. The summed E-state index contributed by atoms with van der Waals surface area (Å²) >= 11 is 12.1. The van der Waals surface area contributed by atoms with E-state index in [0.717, 1.165) is 35.1 Å². The maximum absolute atomic E-state index is 11.1. The number of ether oxygens (including phenoxy) is 2. The number of fused-ring (bicyclic) bond motifs is 3. The number of carbonyl (C=O) groups is 1. The number of hydrogen-bond donors (Lipinski definition) is 1. The van der Waals surface area contributed by atoms with Gasteiger partial charge in [-0.1, -0.05) is 29.3 Å². The Labute approximate surface area is 166 Å². The number of H-pyrrole nitrogens is 1. The highest BCUT2D eigenvalue weighted by Gasteiger charge is 2.31. The predicted octanol–water partition coefficient (Wildman–Crippen LogP) is 4.58. The van der Waals surface area contributed by atoms with Crippen molar-refractivity contribution < 1.29 is 14.3 Å². The molecule has 5 nitrogen and oxygen atoms in total. The lowest BCUT2D eigenvalue weighted by molar-refractivity contribution is -0.146. The van der Waals surface area contributed by atoms with Gasteiger partial charge in [0.2, 0.25) is 0 Å². The molecule has 1 aromatic heterocycles. The summed E-state index contributed by atoms with van der Waals surface area (Å²) in [6.45, 7) is 2.31. The first kappa shape index (κ1) is 18.2. The second-order valence-corrected chi connectivity index (χ2v) is 7.26. The average Bonchev–Trinajstić information content (AvgIpc) is 3.02. The molecule has 7 heteroatoms. The van der Waals surface area contributed by atoms with Gasteiger partial charge in [0.05, 0.1) is 5.69 Å². The molecule has 4 rings (SSSR count). The van der Waals surface area contributed by atoms with Crippen LogP contribution in [0.15, 0.2) is 42.5 Å². The van der Waals surface area contributed by atoms with Crippen molar-refractivity contribution in [1.82, 2.24) is 9.88 Å². The third-order valence-corrected chi connectivity index (χ3v) is 5.23. The maximum atomic E-state index is 11.1. The Hall–Kier alpha value is -2.21. The van der Waals surface area contributed by atoms with Gasteiger partial charge >= 0.3 is 0 Å². The van der Waals surface area contributed by atoms with E-state index in [9.17, 15) is 4.79 Å². The van der Waals surface area contributed by atoms with Crippen LogP contribution in [0.1, 0.15) is 17.5 Å². The first-order valence-electron chi connectivity index (χ1n) is 8.67. The van der Waals surface area contributed by atoms with Crippen molar-refractivity contribution in [1.29, 1.82) is 0 Å². The SMILES string of the molecule is O=COC1c2[nH]c3ccc(Cl)cc3c2CCN1CCOc1cccc(Cl)c1.